The van der Waals surface area contributed by atoms with Crippen molar-refractivity contribution in [3.8, 4) is 0 Å². The third-order valence-corrected chi connectivity index (χ3v) is 5.56. The zero-order valence-electron chi connectivity index (χ0n) is 15.6. The Morgan fingerprint density at radius 1 is 1.08 bits per heavy atom. The van der Waals surface area contributed by atoms with E-state index in [0.717, 1.165) is 25.7 Å². The van der Waals surface area contributed by atoms with Crippen molar-refractivity contribution < 1.29 is 14.4 Å². The zero-order valence-corrected chi connectivity index (χ0v) is 15.6. The maximum atomic E-state index is 12.8. The molecule has 0 unspecified atom stereocenters. The molecular formula is C20H27N3O3. The summed E-state index contributed by atoms with van der Waals surface area (Å²) < 4.78 is 0. The Labute approximate surface area is 154 Å². The Morgan fingerprint density at radius 3 is 2.27 bits per heavy atom. The summed E-state index contributed by atoms with van der Waals surface area (Å²) in [6, 6.07) is 8.82. The van der Waals surface area contributed by atoms with Crippen LogP contribution in [0.5, 0.6) is 0 Å². The number of nitrogens with zero attached hydrogens (tertiary/aromatic N) is 3. The minimum absolute atomic E-state index is 0.0194. The third-order valence-electron chi connectivity index (χ3n) is 5.56. The molecule has 140 valence electrons. The summed E-state index contributed by atoms with van der Waals surface area (Å²) in [6.07, 6.45) is 3.18. The van der Waals surface area contributed by atoms with Gasteiger partial charge in [0.25, 0.3) is 5.91 Å². The van der Waals surface area contributed by atoms with Crippen molar-refractivity contribution in [3.05, 3.63) is 30.3 Å². The van der Waals surface area contributed by atoms with Crippen molar-refractivity contribution in [1.29, 1.82) is 0 Å². The second-order valence-corrected chi connectivity index (χ2v) is 7.05. The molecule has 0 spiro atoms. The fraction of sp³-hybridized carbons (Fsp3) is 0.550. The van der Waals surface area contributed by atoms with Crippen LogP contribution in [-0.4, -0.2) is 53.3 Å². The van der Waals surface area contributed by atoms with E-state index in [2.05, 4.69) is 0 Å². The molecule has 0 saturated carbocycles. The van der Waals surface area contributed by atoms with Crippen molar-refractivity contribution in [2.45, 2.75) is 45.6 Å². The third kappa shape index (κ3) is 3.45. The van der Waals surface area contributed by atoms with Gasteiger partial charge in [0.2, 0.25) is 5.91 Å². The predicted molar refractivity (Wildman–Crippen MR) is 99.7 cm³/mol. The molecule has 0 N–H and O–H groups in total. The molecule has 4 amide bonds. The van der Waals surface area contributed by atoms with Crippen LogP contribution in [0, 0.1) is 5.92 Å². The normalized spacial score (nSPS) is 19.0. The highest BCUT2D eigenvalue weighted by Gasteiger charge is 2.41. The number of piperidine rings is 1. The number of carbonyl (C=O) groups is 3. The summed E-state index contributed by atoms with van der Waals surface area (Å²) in [5, 5.41) is 0. The predicted octanol–water partition coefficient (Wildman–Crippen LogP) is 2.88. The maximum Gasteiger partial charge on any atom is 0.332 e. The Kier molecular flexibility index (Phi) is 5.59. The lowest BCUT2D eigenvalue weighted by Gasteiger charge is -2.37. The van der Waals surface area contributed by atoms with Crippen molar-refractivity contribution in [1.82, 2.24) is 9.80 Å². The van der Waals surface area contributed by atoms with E-state index in [1.165, 1.54) is 4.90 Å². The number of hydrogen-bond acceptors (Lipinski definition) is 3. The molecule has 0 aliphatic carbocycles. The average molecular weight is 357 g/mol. The molecule has 6 nitrogen and oxygen atoms in total. The van der Waals surface area contributed by atoms with Crippen LogP contribution in [0.3, 0.4) is 0 Å². The quantitative estimate of drug-likeness (QED) is 0.761. The Balaban J connectivity index is 1.63. The first-order valence-electron chi connectivity index (χ1n) is 9.54. The molecule has 2 heterocycles. The van der Waals surface area contributed by atoms with Gasteiger partial charge >= 0.3 is 6.03 Å². The van der Waals surface area contributed by atoms with Gasteiger partial charge < -0.3 is 9.80 Å². The lowest BCUT2D eigenvalue weighted by atomic mass is 9.98. The fourth-order valence-electron chi connectivity index (χ4n) is 3.93. The first kappa shape index (κ1) is 18.4. The highest BCUT2D eigenvalue weighted by atomic mass is 16.2. The van der Waals surface area contributed by atoms with Crippen LogP contribution < -0.4 is 4.90 Å². The van der Waals surface area contributed by atoms with Gasteiger partial charge in [0, 0.05) is 25.0 Å². The summed E-state index contributed by atoms with van der Waals surface area (Å²) in [6.45, 7) is 5.53. The number of para-hydroxylation sites is 1. The molecule has 1 aromatic carbocycles. The topological polar surface area (TPSA) is 60.9 Å². The molecule has 2 aliphatic rings. The van der Waals surface area contributed by atoms with Crippen LogP contribution in [0.2, 0.25) is 0 Å². The van der Waals surface area contributed by atoms with Crippen LogP contribution in [0.4, 0.5) is 10.5 Å². The van der Waals surface area contributed by atoms with Gasteiger partial charge in [-0.15, -0.1) is 0 Å². The summed E-state index contributed by atoms with van der Waals surface area (Å²) >= 11 is 0. The Morgan fingerprint density at radius 2 is 1.69 bits per heavy atom. The van der Waals surface area contributed by atoms with Gasteiger partial charge in [-0.25, -0.2) is 9.69 Å². The molecule has 1 aromatic rings. The molecule has 2 saturated heterocycles. The molecule has 2 aliphatic heterocycles. The average Bonchev–Trinajstić information content (AvgIpc) is 2.97. The minimum Gasteiger partial charge on any atom is -0.342 e. The van der Waals surface area contributed by atoms with Crippen LogP contribution >= 0.6 is 0 Å². The van der Waals surface area contributed by atoms with Crippen LogP contribution in [0.25, 0.3) is 0 Å². The molecule has 0 radical (unpaired) electrons. The van der Waals surface area contributed by atoms with Crippen LogP contribution in [0.15, 0.2) is 30.3 Å². The van der Waals surface area contributed by atoms with E-state index in [1.807, 2.05) is 36.9 Å². The Bertz CT molecular complexity index is 664. The molecule has 0 bridgehead atoms. The van der Waals surface area contributed by atoms with E-state index in [1.54, 1.807) is 17.0 Å². The SMILES string of the molecule is CCC(CC)C(=O)N1CCC(N2CC(=O)N(c3ccccc3)C2=O)CC1. The van der Waals surface area contributed by atoms with Gasteiger partial charge in [-0.1, -0.05) is 32.0 Å². The summed E-state index contributed by atoms with van der Waals surface area (Å²) in [7, 11) is 0. The number of urea groups is 1. The van der Waals surface area contributed by atoms with E-state index in [0.29, 0.717) is 18.8 Å². The van der Waals surface area contributed by atoms with Gasteiger partial charge in [-0.05, 0) is 37.8 Å². The van der Waals surface area contributed by atoms with Gasteiger partial charge in [-0.3, -0.25) is 9.59 Å². The van der Waals surface area contributed by atoms with Gasteiger partial charge in [0.15, 0.2) is 0 Å². The summed E-state index contributed by atoms with van der Waals surface area (Å²) in [4.78, 5) is 42.5. The Hall–Kier alpha value is -2.37. The van der Waals surface area contributed by atoms with Crippen molar-refractivity contribution >= 4 is 23.5 Å². The molecule has 26 heavy (non-hydrogen) atoms. The van der Waals surface area contributed by atoms with Crippen LogP contribution in [0.1, 0.15) is 39.5 Å². The number of imide groups is 1. The fourth-order valence-corrected chi connectivity index (χ4v) is 3.93. The number of amides is 4. The van der Waals surface area contributed by atoms with Crippen molar-refractivity contribution in [2.24, 2.45) is 5.92 Å². The van der Waals surface area contributed by atoms with E-state index < -0.39 is 0 Å². The zero-order chi connectivity index (χ0) is 18.7. The van der Waals surface area contributed by atoms with Crippen LogP contribution in [-0.2, 0) is 9.59 Å². The summed E-state index contributed by atoms with van der Waals surface area (Å²) in [5.41, 5.74) is 0.617. The first-order valence-corrected chi connectivity index (χ1v) is 9.54. The number of benzene rings is 1. The standard InChI is InChI=1S/C20H27N3O3/c1-3-15(4-2)19(25)21-12-10-16(11-13-21)22-14-18(24)23(20(22)26)17-8-6-5-7-9-17/h5-9,15-16H,3-4,10-14H2,1-2H3. The van der Waals surface area contributed by atoms with Crippen molar-refractivity contribution in [3.63, 3.8) is 0 Å². The molecule has 2 fully saturated rings. The molecule has 6 heteroatoms. The molecule has 0 atom stereocenters. The highest BCUT2D eigenvalue weighted by molar-refractivity contribution is 6.19. The summed E-state index contributed by atoms with van der Waals surface area (Å²) in [5.74, 6) is 0.134. The maximum absolute atomic E-state index is 12.8. The number of rotatable bonds is 5. The number of anilines is 1. The van der Waals surface area contributed by atoms with E-state index in [9.17, 15) is 14.4 Å². The number of likely N-dealkylation sites (tertiary alicyclic amines) is 1. The van der Waals surface area contributed by atoms with E-state index in [-0.39, 0.29) is 36.3 Å². The minimum atomic E-state index is -0.244. The van der Waals surface area contributed by atoms with Gasteiger partial charge in [0.05, 0.1) is 5.69 Å². The highest BCUT2D eigenvalue weighted by Crippen LogP contribution is 2.27. The van der Waals surface area contributed by atoms with Crippen molar-refractivity contribution in [2.75, 3.05) is 24.5 Å². The lowest BCUT2D eigenvalue weighted by Crippen LogP contribution is -2.49. The van der Waals surface area contributed by atoms with Gasteiger partial charge in [0.1, 0.15) is 6.54 Å². The van der Waals surface area contributed by atoms with Gasteiger partial charge in [-0.2, -0.15) is 0 Å². The lowest BCUT2D eigenvalue weighted by molar-refractivity contribution is -0.137. The second kappa shape index (κ2) is 7.89. The monoisotopic (exact) mass is 357 g/mol. The second-order valence-electron chi connectivity index (χ2n) is 7.05. The van der Waals surface area contributed by atoms with E-state index >= 15 is 0 Å². The van der Waals surface area contributed by atoms with E-state index in [4.69, 9.17) is 0 Å². The molecular weight excluding hydrogens is 330 g/mol. The first-order chi connectivity index (χ1) is 12.6. The largest absolute Gasteiger partial charge is 0.342 e. The number of carbonyl (C=O) groups excluding carboxylic acids is 3. The smallest absolute Gasteiger partial charge is 0.332 e. The molecule has 0 aromatic heterocycles. The molecule has 3 rings (SSSR count). The number of hydrogen-bond donors (Lipinski definition) is 0.